The number of carbonyl (C=O) groups excluding carboxylic acids is 3. The monoisotopic (exact) mass is 735 g/mol. The van der Waals surface area contributed by atoms with Crippen molar-refractivity contribution >= 4 is 17.6 Å². The predicted octanol–water partition coefficient (Wildman–Crippen LogP) is 5.91. The normalized spacial score (nSPS) is 20.1. The van der Waals surface area contributed by atoms with E-state index in [4.69, 9.17) is 18.9 Å². The standard InChI is InChI=1S/C42H61N3O8/c1-3-5-23-45-40(48)38(39(47)34-10-7-6-8-11-34)43-41(49)42(45)21-24-44(25-22-42)31-32-13-17-35(18-14-32)53-36-19-15-33(16-20-36)37(46)12-9-26-51-29-30-52-28-27-50-4-2/h13-20,34,38-39,47H,3-12,21-31H2,1-2H3,(H,43,49)/t38-,39-/m1/s1. The number of Topliss-reactive ketones (excluding diaryl/α,β-unsaturated/α-hetero) is 1. The first kappa shape index (κ1) is 40.8. The quantitative estimate of drug-likeness (QED) is 0.119. The van der Waals surface area contributed by atoms with Gasteiger partial charge < -0.3 is 34.3 Å². The second-order valence-corrected chi connectivity index (χ2v) is 14.7. The lowest BCUT2D eigenvalue weighted by Gasteiger charge is -2.52. The Morgan fingerprint density at radius 1 is 0.849 bits per heavy atom. The second-order valence-electron chi connectivity index (χ2n) is 14.7. The van der Waals surface area contributed by atoms with Crippen molar-refractivity contribution in [1.82, 2.24) is 15.1 Å². The van der Waals surface area contributed by atoms with Crippen LogP contribution in [-0.2, 0) is 30.3 Å². The second kappa shape index (κ2) is 20.9. The molecule has 3 fully saturated rings. The third-order valence-corrected chi connectivity index (χ3v) is 11.0. The summed E-state index contributed by atoms with van der Waals surface area (Å²) < 4.78 is 22.3. The first-order valence-corrected chi connectivity index (χ1v) is 20.0. The van der Waals surface area contributed by atoms with Gasteiger partial charge in [0.1, 0.15) is 23.1 Å². The lowest BCUT2D eigenvalue weighted by molar-refractivity contribution is -0.166. The van der Waals surface area contributed by atoms with Gasteiger partial charge in [0.05, 0.1) is 32.5 Å². The van der Waals surface area contributed by atoms with Gasteiger partial charge in [0.2, 0.25) is 11.8 Å². The first-order chi connectivity index (χ1) is 25.8. The van der Waals surface area contributed by atoms with E-state index in [1.54, 1.807) is 12.1 Å². The van der Waals surface area contributed by atoms with Gasteiger partial charge in [0.15, 0.2) is 5.78 Å². The van der Waals surface area contributed by atoms with Gasteiger partial charge in [-0.3, -0.25) is 19.3 Å². The molecule has 1 spiro atoms. The number of rotatable bonds is 21. The third-order valence-electron chi connectivity index (χ3n) is 11.0. The van der Waals surface area contributed by atoms with E-state index in [0.717, 1.165) is 50.6 Å². The Hall–Kier alpha value is -3.35. The van der Waals surface area contributed by atoms with Gasteiger partial charge in [0.25, 0.3) is 0 Å². The first-order valence-electron chi connectivity index (χ1n) is 20.0. The highest BCUT2D eigenvalue weighted by atomic mass is 16.5. The Morgan fingerprint density at radius 2 is 1.47 bits per heavy atom. The van der Waals surface area contributed by atoms with Crippen LogP contribution in [0.5, 0.6) is 11.5 Å². The molecule has 2 aromatic rings. The van der Waals surface area contributed by atoms with Crippen molar-refractivity contribution in [3.63, 3.8) is 0 Å². The number of hydrogen-bond donors (Lipinski definition) is 2. The van der Waals surface area contributed by atoms with Crippen LogP contribution in [0.2, 0.25) is 0 Å². The number of ketones is 1. The molecule has 0 unspecified atom stereocenters. The highest BCUT2D eigenvalue weighted by Crippen LogP contribution is 2.36. The van der Waals surface area contributed by atoms with Crippen molar-refractivity contribution in [3.05, 3.63) is 59.7 Å². The van der Waals surface area contributed by atoms with Crippen LogP contribution in [0.15, 0.2) is 48.5 Å². The Morgan fingerprint density at radius 3 is 2.11 bits per heavy atom. The van der Waals surface area contributed by atoms with E-state index in [-0.39, 0.29) is 23.5 Å². The number of aliphatic hydroxyl groups is 1. The Labute approximate surface area is 315 Å². The number of piperazine rings is 1. The van der Waals surface area contributed by atoms with Gasteiger partial charge in [-0.05, 0) is 93.3 Å². The minimum Gasteiger partial charge on any atom is -0.457 e. The number of ether oxygens (including phenoxy) is 4. The molecule has 0 aromatic heterocycles. The summed E-state index contributed by atoms with van der Waals surface area (Å²) in [5.74, 6) is 1.27. The molecule has 3 aliphatic rings. The summed E-state index contributed by atoms with van der Waals surface area (Å²) >= 11 is 0. The molecule has 2 heterocycles. The van der Waals surface area contributed by atoms with Crippen LogP contribution in [0, 0.1) is 5.92 Å². The molecule has 5 rings (SSSR count). The van der Waals surface area contributed by atoms with Gasteiger partial charge >= 0.3 is 0 Å². The van der Waals surface area contributed by atoms with E-state index in [1.165, 1.54) is 6.42 Å². The largest absolute Gasteiger partial charge is 0.457 e. The maximum atomic E-state index is 13.9. The van der Waals surface area contributed by atoms with Crippen molar-refractivity contribution in [2.45, 2.75) is 109 Å². The summed E-state index contributed by atoms with van der Waals surface area (Å²) in [6.07, 6.45) is 8.24. The third kappa shape index (κ3) is 11.3. The summed E-state index contributed by atoms with van der Waals surface area (Å²) in [5, 5.41) is 14.2. The number of unbranched alkanes of at least 4 members (excludes halogenated alkanes) is 1. The topological polar surface area (TPSA) is 127 Å². The van der Waals surface area contributed by atoms with E-state index in [2.05, 4.69) is 17.1 Å². The van der Waals surface area contributed by atoms with Crippen LogP contribution >= 0.6 is 0 Å². The van der Waals surface area contributed by atoms with Gasteiger partial charge in [-0.15, -0.1) is 0 Å². The zero-order valence-electron chi connectivity index (χ0n) is 31.9. The van der Waals surface area contributed by atoms with E-state index >= 15 is 0 Å². The molecule has 2 N–H and O–H groups in total. The minimum atomic E-state index is -0.864. The molecule has 2 amide bonds. The van der Waals surface area contributed by atoms with Crippen LogP contribution in [0.25, 0.3) is 0 Å². The Kier molecular flexibility index (Phi) is 16.1. The highest BCUT2D eigenvalue weighted by Gasteiger charge is 2.55. The molecule has 11 heteroatoms. The average Bonchev–Trinajstić information content (AvgIpc) is 3.19. The van der Waals surface area contributed by atoms with E-state index in [0.29, 0.717) is 102 Å². The predicted molar refractivity (Wildman–Crippen MR) is 203 cm³/mol. The van der Waals surface area contributed by atoms with E-state index in [1.807, 2.05) is 48.2 Å². The summed E-state index contributed by atoms with van der Waals surface area (Å²) in [6, 6.07) is 14.4. The minimum absolute atomic E-state index is 0.0599. The molecule has 1 saturated carbocycles. The van der Waals surface area contributed by atoms with E-state index < -0.39 is 17.7 Å². The number of hydrogen-bond acceptors (Lipinski definition) is 9. The molecule has 2 saturated heterocycles. The van der Waals surface area contributed by atoms with Gasteiger partial charge in [-0.25, -0.2) is 0 Å². The van der Waals surface area contributed by atoms with E-state index in [9.17, 15) is 19.5 Å². The molecule has 2 atom stereocenters. The Balaban J connectivity index is 1.05. The summed E-state index contributed by atoms with van der Waals surface area (Å²) in [6.45, 7) is 10.1. The van der Waals surface area contributed by atoms with Crippen molar-refractivity contribution in [1.29, 1.82) is 0 Å². The number of amides is 2. The average molecular weight is 736 g/mol. The zero-order valence-corrected chi connectivity index (χ0v) is 31.9. The Bertz CT molecular complexity index is 1420. The van der Waals surface area contributed by atoms with Crippen molar-refractivity contribution in [2.24, 2.45) is 5.92 Å². The molecule has 0 bridgehead atoms. The molecule has 2 aliphatic heterocycles. The highest BCUT2D eigenvalue weighted by molar-refractivity contribution is 6.00. The molecule has 53 heavy (non-hydrogen) atoms. The molecule has 11 nitrogen and oxygen atoms in total. The summed E-state index contributed by atoms with van der Waals surface area (Å²) in [7, 11) is 0. The maximum absolute atomic E-state index is 13.9. The molecule has 292 valence electrons. The number of nitrogens with zero attached hydrogens (tertiary/aromatic N) is 2. The van der Waals surface area contributed by atoms with Crippen LogP contribution in [-0.4, -0.2) is 109 Å². The summed E-state index contributed by atoms with van der Waals surface area (Å²) in [5.41, 5.74) is 0.919. The number of piperidine rings is 1. The maximum Gasteiger partial charge on any atom is 0.248 e. The van der Waals surface area contributed by atoms with Crippen LogP contribution in [0.4, 0.5) is 0 Å². The lowest BCUT2D eigenvalue weighted by Crippen LogP contribution is -2.75. The number of nitrogens with one attached hydrogen (secondary N) is 1. The lowest BCUT2D eigenvalue weighted by atomic mass is 9.78. The number of likely N-dealkylation sites (tertiary alicyclic amines) is 1. The fraction of sp³-hybridized carbons (Fsp3) is 0.643. The van der Waals surface area contributed by atoms with Crippen LogP contribution in [0.1, 0.15) is 100 Å². The molecular weight excluding hydrogens is 674 g/mol. The number of aliphatic hydroxyl groups excluding tert-OH is 1. The van der Waals surface area contributed by atoms with Crippen molar-refractivity contribution < 1.29 is 38.4 Å². The molecular formula is C42H61N3O8. The summed E-state index contributed by atoms with van der Waals surface area (Å²) in [4.78, 5) is 44.5. The van der Waals surface area contributed by atoms with Crippen molar-refractivity contribution in [3.8, 4) is 11.5 Å². The molecule has 2 aromatic carbocycles. The van der Waals surface area contributed by atoms with Gasteiger partial charge in [0, 0.05) is 51.4 Å². The van der Waals surface area contributed by atoms with Crippen LogP contribution in [0.3, 0.4) is 0 Å². The molecule has 1 aliphatic carbocycles. The number of benzene rings is 2. The molecule has 0 radical (unpaired) electrons. The van der Waals surface area contributed by atoms with Crippen molar-refractivity contribution in [2.75, 3.05) is 59.3 Å². The fourth-order valence-electron chi connectivity index (χ4n) is 7.87. The fourth-order valence-corrected chi connectivity index (χ4v) is 7.87. The smallest absolute Gasteiger partial charge is 0.248 e. The van der Waals surface area contributed by atoms with Gasteiger partial charge in [-0.1, -0.05) is 44.7 Å². The van der Waals surface area contributed by atoms with Gasteiger partial charge in [-0.2, -0.15) is 0 Å². The SMILES string of the molecule is CCCCN1C(=O)[C@@H]([C@H](O)C2CCCCC2)NC(=O)C12CCN(Cc1ccc(Oc3ccc(C(=O)CCCOCCOCCOCC)cc3)cc1)CC2. The van der Waals surface area contributed by atoms with Crippen LogP contribution < -0.4 is 10.1 Å². The number of carbonyl (C=O) groups is 3. The zero-order chi connectivity index (χ0) is 37.5.